The van der Waals surface area contributed by atoms with Gasteiger partial charge in [0.15, 0.2) is 5.78 Å². The number of benzene rings is 5. The van der Waals surface area contributed by atoms with Gasteiger partial charge in [-0.15, -0.1) is 47.0 Å². The van der Waals surface area contributed by atoms with Gasteiger partial charge in [-0.25, -0.2) is 0 Å². The maximum Gasteiger partial charge on any atom is 0.437 e. The molecule has 0 fully saturated rings. The molecule has 0 spiro atoms. The van der Waals surface area contributed by atoms with Gasteiger partial charge in [-0.1, -0.05) is 114 Å². The molecule has 0 unspecified atom stereocenters. The van der Waals surface area contributed by atoms with E-state index in [2.05, 4.69) is 150 Å². The predicted molar refractivity (Wildman–Crippen MR) is 307 cm³/mol. The molecule has 77 heavy (non-hydrogen) atoms. The van der Waals surface area contributed by atoms with E-state index in [1.165, 1.54) is 41.8 Å². The zero-order valence-corrected chi connectivity index (χ0v) is 51.3. The van der Waals surface area contributed by atoms with Crippen molar-refractivity contribution < 1.29 is 83.0 Å². The normalized spacial score (nSPS) is 11.1. The van der Waals surface area contributed by atoms with Crippen molar-refractivity contribution >= 4 is 93.3 Å². The number of unbranched alkanes of at least 4 members (excludes halogenated alkanes) is 1. The minimum atomic E-state index is -6.61. The summed E-state index contributed by atoms with van der Waals surface area (Å²) in [5.41, 5.74) is 6.08. The smallest absolute Gasteiger partial charge is 0.295 e. The van der Waals surface area contributed by atoms with Crippen LogP contribution in [0.5, 0.6) is 0 Å². The lowest BCUT2D eigenvalue weighted by molar-refractivity contribution is -0.273. The number of thioether (sulfide) groups is 4. The zero-order valence-electron chi connectivity index (χ0n) is 44.7. The third-order valence-electron chi connectivity index (χ3n) is 8.20. The Morgan fingerprint density at radius 1 is 0.481 bits per heavy atom. The highest BCUT2D eigenvalue weighted by Gasteiger charge is 2.75. The predicted octanol–water partition coefficient (Wildman–Crippen LogP) is 14.2. The highest BCUT2D eigenvalue weighted by atomic mass is 32.2. The van der Waals surface area contributed by atoms with E-state index < -0.39 is 64.5 Å². The van der Waals surface area contributed by atoms with E-state index in [0.29, 0.717) is 18.9 Å². The average molecular weight is 1250 g/mol. The van der Waals surface area contributed by atoms with Crippen molar-refractivity contribution in [1.29, 1.82) is 0 Å². The molecular weight excluding hydrogens is 1180 g/mol. The second kappa shape index (κ2) is 39.7. The lowest BCUT2D eigenvalue weighted by Crippen LogP contribution is -2.56. The van der Waals surface area contributed by atoms with Gasteiger partial charge in [0, 0.05) is 32.1 Å². The summed E-state index contributed by atoms with van der Waals surface area (Å²) in [6, 6.07) is 43.4. The Hall–Kier alpha value is -3.61. The Labute approximate surface area is 469 Å². The van der Waals surface area contributed by atoms with Crippen LogP contribution in [0.25, 0.3) is 0 Å². The SMILES string of the molecule is CC(=O)c1ccccc1.CC(F)(F)C(F)(F)C(F)(F)S(=O)(=O)O.CCCCS(=O)(=O)O.CS(=O)(=O)O.CS(=O)(=O)O.CSc1ccc(C)cc1.CSc1ccc(C)cc1.CSc1ccc(C)cc1.CSc1ccc(C)cc1. The molecular formula is C50H70F6O13S8. The number of alkyl halides is 6. The second-order valence-electron chi connectivity index (χ2n) is 15.6. The van der Waals surface area contributed by atoms with Gasteiger partial charge in [-0.3, -0.25) is 23.0 Å². The minimum absolute atomic E-state index is 0.108. The summed E-state index contributed by atoms with van der Waals surface area (Å²) in [5.74, 6) is -11.5. The van der Waals surface area contributed by atoms with Crippen molar-refractivity contribution in [1.82, 2.24) is 0 Å². The molecule has 5 aromatic carbocycles. The molecule has 13 nitrogen and oxygen atoms in total. The highest BCUT2D eigenvalue weighted by molar-refractivity contribution is 7.99. The molecule has 0 heterocycles. The lowest BCUT2D eigenvalue weighted by Gasteiger charge is -2.28. The summed E-state index contributed by atoms with van der Waals surface area (Å²) in [5, 5.41) is -6.24. The second-order valence-corrected chi connectivity index (χ2v) is 25.0. The molecule has 0 saturated heterocycles. The Morgan fingerprint density at radius 2 is 0.714 bits per heavy atom. The van der Waals surface area contributed by atoms with E-state index in [9.17, 15) is 64.8 Å². The minimum Gasteiger partial charge on any atom is -0.295 e. The average Bonchev–Trinajstić information content (AvgIpc) is 3.31. The third-order valence-corrected chi connectivity index (χ3v) is 12.9. The van der Waals surface area contributed by atoms with Gasteiger partial charge in [0.05, 0.1) is 18.3 Å². The molecule has 4 N–H and O–H groups in total. The summed E-state index contributed by atoms with van der Waals surface area (Å²) in [7, 11) is -17.6. The molecule has 0 aromatic heterocycles. The quantitative estimate of drug-likeness (QED) is 0.0416. The topological polar surface area (TPSA) is 235 Å². The summed E-state index contributed by atoms with van der Waals surface area (Å²) in [6.07, 6.45) is 11.1. The fourth-order valence-electron chi connectivity index (χ4n) is 4.11. The molecule has 0 radical (unpaired) electrons. The number of carbonyl (C=O) groups is 1. The molecule has 5 aromatic rings. The number of Topliss-reactive ketones (excluding diaryl/α,β-unsaturated/α-hetero) is 1. The highest BCUT2D eigenvalue weighted by Crippen LogP contribution is 2.47. The Balaban J connectivity index is -0.000000394. The van der Waals surface area contributed by atoms with Crippen molar-refractivity contribution in [2.24, 2.45) is 0 Å². The first kappa shape index (κ1) is 79.9. The van der Waals surface area contributed by atoms with Gasteiger partial charge in [-0.05, 0) is 115 Å². The fourth-order valence-corrected chi connectivity index (χ4v) is 6.90. The molecule has 0 aliphatic carbocycles. The Bertz CT molecular complexity index is 2600. The summed E-state index contributed by atoms with van der Waals surface area (Å²) >= 11 is 7.11. The van der Waals surface area contributed by atoms with E-state index in [-0.39, 0.29) is 11.5 Å². The number of hydrogen-bond acceptors (Lipinski definition) is 13. The number of rotatable bonds is 11. The fraction of sp³-hybridized carbons (Fsp3) is 0.380. The Morgan fingerprint density at radius 3 is 0.831 bits per heavy atom. The number of aryl methyl sites for hydroxylation is 4. The van der Waals surface area contributed by atoms with Crippen LogP contribution >= 0.6 is 47.0 Å². The number of halogens is 6. The van der Waals surface area contributed by atoms with Crippen LogP contribution in [-0.2, 0) is 40.5 Å². The monoisotopic (exact) mass is 1250 g/mol. The van der Waals surface area contributed by atoms with Crippen molar-refractivity contribution in [3.63, 3.8) is 0 Å². The van der Waals surface area contributed by atoms with Crippen LogP contribution in [0.2, 0.25) is 0 Å². The number of ketones is 1. The zero-order chi connectivity index (χ0) is 61.1. The van der Waals surface area contributed by atoms with Crippen molar-refractivity contribution in [3.05, 3.63) is 155 Å². The van der Waals surface area contributed by atoms with E-state index in [1.54, 1.807) is 54.0 Å². The van der Waals surface area contributed by atoms with E-state index in [0.717, 1.165) is 12.0 Å². The maximum atomic E-state index is 12.2. The summed E-state index contributed by atoms with van der Waals surface area (Å²) < 4.78 is 179. The number of hydrogen-bond donors (Lipinski definition) is 4. The van der Waals surface area contributed by atoms with Gasteiger partial charge in [0.25, 0.3) is 30.4 Å². The summed E-state index contributed by atoms with van der Waals surface area (Å²) in [4.78, 5) is 16.0. The van der Waals surface area contributed by atoms with Crippen LogP contribution < -0.4 is 0 Å². The van der Waals surface area contributed by atoms with Gasteiger partial charge in [0.1, 0.15) is 0 Å². The molecule has 438 valence electrons. The van der Waals surface area contributed by atoms with Gasteiger partial charge < -0.3 is 0 Å². The molecule has 0 aliphatic rings. The summed E-state index contributed by atoms with van der Waals surface area (Å²) in [6.45, 7) is 11.2. The maximum absolute atomic E-state index is 12.2. The van der Waals surface area contributed by atoms with E-state index >= 15 is 0 Å². The molecule has 0 atom stereocenters. The largest absolute Gasteiger partial charge is 0.437 e. The van der Waals surface area contributed by atoms with Crippen molar-refractivity contribution in [2.45, 2.75) is 98.0 Å². The van der Waals surface area contributed by atoms with Crippen LogP contribution in [-0.4, -0.2) is 118 Å². The van der Waals surface area contributed by atoms with Crippen molar-refractivity contribution in [3.8, 4) is 0 Å². The molecule has 0 bridgehead atoms. The molecule has 27 heteroatoms. The van der Waals surface area contributed by atoms with Crippen LogP contribution in [0, 0.1) is 27.7 Å². The third kappa shape index (κ3) is 45.9. The van der Waals surface area contributed by atoms with Gasteiger partial charge in [0.2, 0.25) is 0 Å². The molecule has 5 rings (SSSR count). The lowest BCUT2D eigenvalue weighted by atomic mass is 10.2. The van der Waals surface area contributed by atoms with Crippen LogP contribution in [0.15, 0.2) is 147 Å². The molecule has 0 amide bonds. The van der Waals surface area contributed by atoms with Crippen molar-refractivity contribution in [2.75, 3.05) is 43.3 Å². The first-order valence-corrected chi connectivity index (χ1v) is 33.5. The standard InChI is InChI=1S/C8H8O.4C8H10S.C4H4F6O3S.C4H10O3S.2CH4O3S/c1-7(9)8-5-3-2-4-6-8;4*1-7-3-5-8(9-2)6-4-7;1-2(5,6)3(7,8)4(9,10)14(11,12)13;1-2-3-4-8(5,6)7;2*1-5(2,3)4/h2-6H,1H3;4*3-6H,1-2H3;1H3,(H,11,12,13);2-4H2,1H3,(H,5,6,7);2*1H3,(H,2,3,4). The van der Waals surface area contributed by atoms with Gasteiger partial charge >= 0.3 is 27.2 Å². The van der Waals surface area contributed by atoms with E-state index in [4.69, 9.17) is 18.2 Å². The van der Waals surface area contributed by atoms with Gasteiger partial charge in [-0.2, -0.15) is 60.0 Å². The molecule has 0 aliphatic heterocycles. The van der Waals surface area contributed by atoms with Crippen LogP contribution in [0.1, 0.15) is 66.2 Å². The first-order valence-electron chi connectivity index (χ1n) is 21.8. The van der Waals surface area contributed by atoms with Crippen LogP contribution in [0.4, 0.5) is 26.3 Å². The van der Waals surface area contributed by atoms with Crippen LogP contribution in [0.3, 0.4) is 0 Å². The Kier molecular flexibility index (Phi) is 41.2. The first-order chi connectivity index (χ1) is 34.9. The number of carbonyl (C=O) groups excluding carboxylic acids is 1. The molecule has 0 saturated carbocycles. The van der Waals surface area contributed by atoms with E-state index in [1.807, 2.05) is 37.3 Å².